The first kappa shape index (κ1) is 21.2. The van der Waals surface area contributed by atoms with Gasteiger partial charge in [-0.1, -0.05) is 12.1 Å². The van der Waals surface area contributed by atoms with Crippen LogP contribution in [0.4, 0.5) is 0 Å². The number of ether oxygens (including phenoxy) is 1. The number of benzene rings is 1. The molecule has 0 saturated heterocycles. The Labute approximate surface area is 177 Å². The number of nitrogens with one attached hydrogen (secondary N) is 1. The van der Waals surface area contributed by atoms with E-state index in [1.165, 1.54) is 6.07 Å². The van der Waals surface area contributed by atoms with Gasteiger partial charge in [0.15, 0.2) is 15.4 Å². The molecule has 4 aliphatic carbocycles. The maximum absolute atomic E-state index is 13.2. The molecule has 30 heavy (non-hydrogen) atoms. The van der Waals surface area contributed by atoms with Crippen LogP contribution in [0, 0.1) is 23.2 Å². The molecule has 4 aliphatic rings. The minimum atomic E-state index is -3.49. The summed E-state index contributed by atoms with van der Waals surface area (Å²) in [5, 5.41) is 3.17. The largest absolute Gasteiger partial charge is 0.477 e. The number of primary amides is 1. The van der Waals surface area contributed by atoms with E-state index in [0.717, 1.165) is 38.4 Å². The van der Waals surface area contributed by atoms with Crippen molar-refractivity contribution in [1.82, 2.24) is 5.32 Å². The highest BCUT2D eigenvalue weighted by Crippen LogP contribution is 2.59. The van der Waals surface area contributed by atoms with E-state index >= 15 is 0 Å². The fourth-order valence-electron chi connectivity index (χ4n) is 6.05. The number of nitrogens with two attached hydrogens (primary N) is 1. The van der Waals surface area contributed by atoms with Crippen LogP contribution < -0.4 is 15.8 Å². The molecule has 1 aromatic rings. The molecule has 2 unspecified atom stereocenters. The van der Waals surface area contributed by atoms with Crippen molar-refractivity contribution in [3.63, 3.8) is 0 Å². The molecule has 4 fully saturated rings. The summed E-state index contributed by atoms with van der Waals surface area (Å²) in [6.07, 6.45) is 5.48. The zero-order chi connectivity index (χ0) is 21.9. The second-order valence-corrected chi connectivity index (χ2v) is 11.9. The number of carbonyl (C=O) groups is 2. The highest BCUT2D eigenvalue weighted by atomic mass is 32.2. The van der Waals surface area contributed by atoms with E-state index < -0.39 is 20.9 Å². The van der Waals surface area contributed by atoms with Gasteiger partial charge in [0.1, 0.15) is 10.6 Å². The van der Waals surface area contributed by atoms with Gasteiger partial charge in [0, 0.05) is 17.7 Å². The van der Waals surface area contributed by atoms with E-state index in [1.807, 2.05) is 0 Å². The van der Waals surface area contributed by atoms with Crippen LogP contribution >= 0.6 is 0 Å². The molecular weight excluding hydrogens is 404 g/mol. The Morgan fingerprint density at radius 2 is 1.73 bits per heavy atom. The summed E-state index contributed by atoms with van der Waals surface area (Å²) < 4.78 is 30.0. The fraction of sp³-hybridized carbons (Fsp3) is 0.636. The minimum absolute atomic E-state index is 0.00504. The molecule has 3 N–H and O–H groups in total. The lowest BCUT2D eigenvalue weighted by atomic mass is 9.47. The smallest absolute Gasteiger partial charge is 0.263 e. The minimum Gasteiger partial charge on any atom is -0.477 e. The SMILES string of the molecule is CC(C)(Oc1ccccc1S(C)(=O)=O)C(=O)NC1C2CC3CC1CC(C(N)=O)(C3)C2. The Hall–Kier alpha value is -2.09. The first-order chi connectivity index (χ1) is 13.9. The molecule has 2 amide bonds. The summed E-state index contributed by atoms with van der Waals surface area (Å²) in [7, 11) is -3.49. The van der Waals surface area contributed by atoms with Crippen LogP contribution in [0.15, 0.2) is 29.2 Å². The first-order valence-corrected chi connectivity index (χ1v) is 12.4. The van der Waals surface area contributed by atoms with Gasteiger partial charge in [-0.15, -0.1) is 0 Å². The van der Waals surface area contributed by atoms with Crippen LogP contribution in [0.2, 0.25) is 0 Å². The molecule has 7 nitrogen and oxygen atoms in total. The fourth-order valence-corrected chi connectivity index (χ4v) is 6.85. The summed E-state index contributed by atoms with van der Waals surface area (Å²) in [4.78, 5) is 25.3. The molecule has 0 aliphatic heterocycles. The summed E-state index contributed by atoms with van der Waals surface area (Å²) >= 11 is 0. The molecule has 0 spiro atoms. The third kappa shape index (κ3) is 3.59. The molecule has 164 valence electrons. The van der Waals surface area contributed by atoms with E-state index in [-0.39, 0.29) is 40.3 Å². The Bertz CT molecular complexity index is 971. The predicted octanol–water partition coefficient (Wildman–Crippen LogP) is 2.04. The van der Waals surface area contributed by atoms with Crippen molar-refractivity contribution in [1.29, 1.82) is 0 Å². The van der Waals surface area contributed by atoms with Gasteiger partial charge < -0.3 is 15.8 Å². The molecule has 2 atom stereocenters. The van der Waals surface area contributed by atoms with Crippen LogP contribution in [-0.4, -0.2) is 38.1 Å². The van der Waals surface area contributed by atoms with Gasteiger partial charge in [0.2, 0.25) is 5.91 Å². The Morgan fingerprint density at radius 3 is 2.30 bits per heavy atom. The highest BCUT2D eigenvalue weighted by molar-refractivity contribution is 7.90. The average molecular weight is 435 g/mol. The molecule has 0 heterocycles. The Balaban J connectivity index is 1.50. The van der Waals surface area contributed by atoms with Crippen LogP contribution in [-0.2, 0) is 19.4 Å². The summed E-state index contributed by atoms with van der Waals surface area (Å²) in [5.41, 5.74) is 4.09. The molecule has 4 saturated carbocycles. The van der Waals surface area contributed by atoms with Gasteiger partial charge in [-0.2, -0.15) is 0 Å². The standard InChI is InChI=1S/C22H30N2O5S/c1-21(2,29-16-6-4-5-7-17(16)30(3,27)28)20(26)24-18-14-8-13-9-15(18)12-22(10-13,11-14)19(23)25/h4-7,13-15,18H,8-12H2,1-3H3,(H2,23,25)(H,24,26). The Kier molecular flexibility index (Phi) is 4.91. The molecule has 0 radical (unpaired) electrons. The second-order valence-electron chi connectivity index (χ2n) is 9.95. The summed E-state index contributed by atoms with van der Waals surface area (Å²) in [5.74, 6) is 0.676. The lowest BCUT2D eigenvalue weighted by Crippen LogP contribution is -2.64. The number of sulfone groups is 1. The maximum Gasteiger partial charge on any atom is 0.263 e. The number of hydrogen-bond acceptors (Lipinski definition) is 5. The van der Waals surface area contributed by atoms with Crippen molar-refractivity contribution in [2.45, 2.75) is 62.5 Å². The highest BCUT2D eigenvalue weighted by Gasteiger charge is 2.58. The van der Waals surface area contributed by atoms with Crippen LogP contribution in [0.25, 0.3) is 0 Å². The van der Waals surface area contributed by atoms with E-state index in [9.17, 15) is 18.0 Å². The van der Waals surface area contributed by atoms with Crippen molar-refractivity contribution in [2.24, 2.45) is 28.9 Å². The van der Waals surface area contributed by atoms with Crippen molar-refractivity contribution >= 4 is 21.7 Å². The first-order valence-electron chi connectivity index (χ1n) is 10.5. The third-order valence-corrected chi connectivity index (χ3v) is 8.39. The van der Waals surface area contributed by atoms with Gasteiger partial charge in [-0.3, -0.25) is 9.59 Å². The predicted molar refractivity (Wildman–Crippen MR) is 111 cm³/mol. The van der Waals surface area contributed by atoms with Gasteiger partial charge in [0.05, 0.1) is 0 Å². The number of para-hydroxylation sites is 1. The van der Waals surface area contributed by atoms with Crippen molar-refractivity contribution < 1.29 is 22.7 Å². The second kappa shape index (κ2) is 6.97. The summed E-state index contributed by atoms with van der Waals surface area (Å²) in [6, 6.07) is 6.33. The number of rotatable bonds is 6. The lowest BCUT2D eigenvalue weighted by Gasteiger charge is -2.59. The zero-order valence-electron chi connectivity index (χ0n) is 17.7. The van der Waals surface area contributed by atoms with Gasteiger partial charge in [-0.25, -0.2) is 8.42 Å². The molecule has 4 bridgehead atoms. The van der Waals surface area contributed by atoms with Crippen molar-refractivity contribution in [3.05, 3.63) is 24.3 Å². The van der Waals surface area contributed by atoms with E-state index in [4.69, 9.17) is 10.5 Å². The van der Waals surface area contributed by atoms with Crippen molar-refractivity contribution in [3.8, 4) is 5.75 Å². The maximum atomic E-state index is 13.2. The van der Waals surface area contributed by atoms with Gasteiger partial charge >= 0.3 is 0 Å². The average Bonchev–Trinajstić information content (AvgIpc) is 2.63. The normalized spacial score (nSPS) is 32.6. The van der Waals surface area contributed by atoms with Crippen LogP contribution in [0.5, 0.6) is 5.75 Å². The quantitative estimate of drug-likeness (QED) is 0.711. The number of amides is 2. The zero-order valence-corrected chi connectivity index (χ0v) is 18.5. The number of carbonyl (C=O) groups excluding carboxylic acids is 2. The number of hydrogen-bond donors (Lipinski definition) is 2. The molecule has 0 aromatic heterocycles. The van der Waals surface area contributed by atoms with E-state index in [2.05, 4.69) is 5.32 Å². The molecule has 5 rings (SSSR count). The monoisotopic (exact) mass is 434 g/mol. The lowest BCUT2D eigenvalue weighted by molar-refractivity contribution is -0.150. The van der Waals surface area contributed by atoms with Crippen LogP contribution in [0.3, 0.4) is 0 Å². The van der Waals surface area contributed by atoms with E-state index in [1.54, 1.807) is 32.0 Å². The van der Waals surface area contributed by atoms with Crippen molar-refractivity contribution in [2.75, 3.05) is 6.26 Å². The molecule has 8 heteroatoms. The molecular formula is C22H30N2O5S. The summed E-state index contributed by atoms with van der Waals surface area (Å²) in [6.45, 7) is 3.28. The van der Waals surface area contributed by atoms with Gasteiger partial charge in [0.25, 0.3) is 5.91 Å². The molecule has 1 aromatic carbocycles. The van der Waals surface area contributed by atoms with Gasteiger partial charge in [-0.05, 0) is 75.8 Å². The third-order valence-electron chi connectivity index (χ3n) is 7.25. The topological polar surface area (TPSA) is 116 Å². The van der Waals surface area contributed by atoms with E-state index in [0.29, 0.717) is 5.92 Å². The van der Waals surface area contributed by atoms with Crippen LogP contribution in [0.1, 0.15) is 46.0 Å². The Morgan fingerprint density at radius 1 is 1.13 bits per heavy atom.